The van der Waals surface area contributed by atoms with Crippen molar-refractivity contribution < 1.29 is 14.3 Å². The van der Waals surface area contributed by atoms with Crippen molar-refractivity contribution in [3.63, 3.8) is 0 Å². The van der Waals surface area contributed by atoms with E-state index in [1.165, 1.54) is 14.2 Å². The van der Waals surface area contributed by atoms with Gasteiger partial charge in [0.1, 0.15) is 0 Å². The molecule has 2 heterocycles. The first-order chi connectivity index (χ1) is 16.9. The van der Waals surface area contributed by atoms with Crippen LogP contribution in [0.2, 0.25) is 0 Å². The predicted octanol–water partition coefficient (Wildman–Crippen LogP) is 2.64. The molecule has 4 rings (SSSR count). The van der Waals surface area contributed by atoms with Gasteiger partial charge in [-0.3, -0.25) is 14.3 Å². The zero-order chi connectivity index (χ0) is 25.1. The largest absolute Gasteiger partial charge is 0.493 e. The van der Waals surface area contributed by atoms with E-state index >= 15 is 0 Å². The van der Waals surface area contributed by atoms with Gasteiger partial charge >= 0.3 is 0 Å². The van der Waals surface area contributed by atoms with Gasteiger partial charge in [-0.1, -0.05) is 18.2 Å². The van der Waals surface area contributed by atoms with Gasteiger partial charge < -0.3 is 19.3 Å². The lowest BCUT2D eigenvalue weighted by atomic mass is 10.0. The molecule has 0 aliphatic carbocycles. The van der Waals surface area contributed by atoms with Crippen LogP contribution < -0.4 is 15.0 Å². The summed E-state index contributed by atoms with van der Waals surface area (Å²) in [4.78, 5) is 35.4. The number of benzene rings is 2. The Hall–Kier alpha value is -3.85. The zero-order valence-corrected chi connectivity index (χ0v) is 20.8. The van der Waals surface area contributed by atoms with E-state index in [-0.39, 0.29) is 11.5 Å². The first kappa shape index (κ1) is 24.3. The van der Waals surface area contributed by atoms with E-state index in [4.69, 9.17) is 9.47 Å². The summed E-state index contributed by atoms with van der Waals surface area (Å²) in [6.07, 6.45) is 1.56. The highest BCUT2D eigenvalue weighted by Gasteiger charge is 2.27. The average molecular weight is 478 g/mol. The van der Waals surface area contributed by atoms with Crippen LogP contribution in [0.5, 0.6) is 11.5 Å². The monoisotopic (exact) mass is 477 g/mol. The highest BCUT2D eigenvalue weighted by molar-refractivity contribution is 6.06. The van der Waals surface area contributed by atoms with Crippen LogP contribution in [0.4, 0.5) is 5.69 Å². The fourth-order valence-corrected chi connectivity index (χ4v) is 4.27. The number of amides is 1. The summed E-state index contributed by atoms with van der Waals surface area (Å²) >= 11 is 0. The van der Waals surface area contributed by atoms with Gasteiger partial charge in [-0.15, -0.1) is 0 Å². The van der Waals surface area contributed by atoms with Crippen LogP contribution in [0, 0.1) is 6.92 Å². The summed E-state index contributed by atoms with van der Waals surface area (Å²) in [7, 11) is 6.91. The molecule has 1 saturated heterocycles. The van der Waals surface area contributed by atoms with Crippen molar-refractivity contribution in [2.24, 2.45) is 12.0 Å². The van der Waals surface area contributed by atoms with Crippen molar-refractivity contribution in [2.45, 2.75) is 6.92 Å². The molecule has 0 unspecified atom stereocenters. The number of nitrogens with zero attached hydrogens (tertiary/aromatic N) is 5. The molecule has 2 aromatic carbocycles. The molecule has 1 amide bonds. The van der Waals surface area contributed by atoms with E-state index in [0.717, 1.165) is 18.8 Å². The molecule has 0 saturated carbocycles. The summed E-state index contributed by atoms with van der Waals surface area (Å²) < 4.78 is 14.4. The third-order valence-electron chi connectivity index (χ3n) is 6.44. The average Bonchev–Trinajstić information content (AvgIpc) is 3.09. The van der Waals surface area contributed by atoms with Crippen LogP contribution in [0.15, 0.2) is 52.3 Å². The Bertz CT molecular complexity index is 1300. The number of hydrogen-bond donors (Lipinski definition) is 0. The number of aromatic nitrogens is 2. The summed E-state index contributed by atoms with van der Waals surface area (Å²) in [6, 6.07) is 12.9. The Morgan fingerprint density at radius 3 is 2.29 bits per heavy atom. The standard InChI is InChI=1S/C26H31N5O4/c1-18-23(26(33)31(29(18)3)20-9-7-6-8-10-20)27-17-19-11-12-21(34-4)24(35-5)22(19)25(32)30-15-13-28(2)14-16-30/h6-12,17H,13-16H2,1-5H3. The molecule has 1 aliphatic heterocycles. The molecular weight excluding hydrogens is 446 g/mol. The van der Waals surface area contributed by atoms with Gasteiger partial charge in [-0.05, 0) is 38.2 Å². The lowest BCUT2D eigenvalue weighted by Gasteiger charge is -2.33. The van der Waals surface area contributed by atoms with Gasteiger partial charge in [0.05, 0.1) is 31.2 Å². The highest BCUT2D eigenvalue weighted by atomic mass is 16.5. The molecule has 1 aliphatic rings. The molecular formula is C26H31N5O4. The minimum atomic E-state index is -0.236. The first-order valence-electron chi connectivity index (χ1n) is 11.5. The summed E-state index contributed by atoms with van der Waals surface area (Å²) in [6.45, 7) is 4.67. The number of carbonyl (C=O) groups excluding carboxylic acids is 1. The third-order valence-corrected chi connectivity index (χ3v) is 6.44. The van der Waals surface area contributed by atoms with Gasteiger partial charge in [0.25, 0.3) is 11.5 Å². The number of rotatable bonds is 6. The number of hydrogen-bond acceptors (Lipinski definition) is 6. The maximum atomic E-state index is 13.6. The molecule has 1 aromatic heterocycles. The quantitative estimate of drug-likeness (QED) is 0.510. The van der Waals surface area contributed by atoms with Crippen molar-refractivity contribution in [3.05, 3.63) is 69.6 Å². The van der Waals surface area contributed by atoms with E-state index < -0.39 is 0 Å². The number of aliphatic imine (C=N–C) groups is 1. The maximum absolute atomic E-state index is 13.6. The van der Waals surface area contributed by atoms with Crippen LogP contribution in [-0.2, 0) is 7.05 Å². The smallest absolute Gasteiger partial charge is 0.297 e. The molecule has 9 heteroatoms. The predicted molar refractivity (Wildman–Crippen MR) is 136 cm³/mol. The number of methoxy groups -OCH3 is 2. The molecule has 0 atom stereocenters. The van der Waals surface area contributed by atoms with E-state index in [1.807, 2.05) is 56.3 Å². The van der Waals surface area contributed by atoms with Crippen LogP contribution in [0.1, 0.15) is 21.6 Å². The van der Waals surface area contributed by atoms with Crippen molar-refractivity contribution >= 4 is 17.8 Å². The minimum Gasteiger partial charge on any atom is -0.493 e. The molecule has 1 fully saturated rings. The molecule has 35 heavy (non-hydrogen) atoms. The molecule has 0 N–H and O–H groups in total. The normalized spacial score (nSPS) is 14.5. The van der Waals surface area contributed by atoms with E-state index in [0.29, 0.717) is 47.1 Å². The Labute approximate surface area is 204 Å². The third kappa shape index (κ3) is 4.59. The molecule has 0 spiro atoms. The Morgan fingerprint density at radius 2 is 1.66 bits per heavy atom. The van der Waals surface area contributed by atoms with E-state index in [1.54, 1.807) is 27.7 Å². The van der Waals surface area contributed by atoms with Crippen molar-refractivity contribution in [1.29, 1.82) is 0 Å². The molecule has 3 aromatic rings. The first-order valence-corrected chi connectivity index (χ1v) is 11.5. The van der Waals surface area contributed by atoms with Crippen LogP contribution in [0.25, 0.3) is 5.69 Å². The van der Waals surface area contributed by atoms with Crippen molar-refractivity contribution in [1.82, 2.24) is 19.2 Å². The lowest BCUT2D eigenvalue weighted by molar-refractivity contribution is 0.0660. The van der Waals surface area contributed by atoms with Crippen molar-refractivity contribution in [3.8, 4) is 17.2 Å². The van der Waals surface area contributed by atoms with Crippen LogP contribution in [-0.4, -0.2) is 78.7 Å². The molecule has 9 nitrogen and oxygen atoms in total. The number of para-hydroxylation sites is 1. The molecule has 0 radical (unpaired) electrons. The number of piperazine rings is 1. The maximum Gasteiger partial charge on any atom is 0.297 e. The second kappa shape index (κ2) is 10.2. The molecule has 184 valence electrons. The fourth-order valence-electron chi connectivity index (χ4n) is 4.27. The minimum absolute atomic E-state index is 0.151. The SMILES string of the molecule is COc1ccc(C=Nc2c(C)n(C)n(-c3ccccc3)c2=O)c(C(=O)N2CCN(C)CC2)c1OC. The molecule has 0 bridgehead atoms. The second-order valence-corrected chi connectivity index (χ2v) is 8.53. The lowest BCUT2D eigenvalue weighted by Crippen LogP contribution is -2.47. The van der Waals surface area contributed by atoms with E-state index in [9.17, 15) is 9.59 Å². The van der Waals surface area contributed by atoms with Crippen molar-refractivity contribution in [2.75, 3.05) is 47.4 Å². The fraction of sp³-hybridized carbons (Fsp3) is 0.346. The van der Waals surface area contributed by atoms with Gasteiger partial charge in [0.15, 0.2) is 17.2 Å². The summed E-state index contributed by atoms with van der Waals surface area (Å²) in [5, 5.41) is 0. The Morgan fingerprint density at radius 1 is 0.971 bits per heavy atom. The van der Waals surface area contributed by atoms with Gasteiger partial charge in [0, 0.05) is 45.0 Å². The van der Waals surface area contributed by atoms with Crippen LogP contribution >= 0.6 is 0 Å². The zero-order valence-electron chi connectivity index (χ0n) is 20.8. The Kier molecular flexibility index (Phi) is 7.07. The Balaban J connectivity index is 1.78. The highest BCUT2D eigenvalue weighted by Crippen LogP contribution is 2.34. The summed E-state index contributed by atoms with van der Waals surface area (Å²) in [5.41, 5.74) is 2.46. The summed E-state index contributed by atoms with van der Waals surface area (Å²) in [5.74, 6) is 0.665. The van der Waals surface area contributed by atoms with E-state index in [2.05, 4.69) is 9.89 Å². The topological polar surface area (TPSA) is 81.3 Å². The van der Waals surface area contributed by atoms with Gasteiger partial charge in [-0.2, -0.15) is 0 Å². The number of likely N-dealkylation sites (N-methyl/N-ethyl adjacent to an activating group) is 1. The number of ether oxygens (including phenoxy) is 2. The van der Waals surface area contributed by atoms with Crippen LogP contribution in [0.3, 0.4) is 0 Å². The number of carbonyl (C=O) groups is 1. The van der Waals surface area contributed by atoms with Gasteiger partial charge in [-0.25, -0.2) is 9.67 Å². The van der Waals surface area contributed by atoms with Gasteiger partial charge in [0.2, 0.25) is 0 Å². The second-order valence-electron chi connectivity index (χ2n) is 8.53.